The van der Waals surface area contributed by atoms with Gasteiger partial charge in [0.25, 0.3) is 0 Å². The summed E-state index contributed by atoms with van der Waals surface area (Å²) in [5.41, 5.74) is -0.192. The van der Waals surface area contributed by atoms with E-state index in [9.17, 15) is 14.4 Å². The van der Waals surface area contributed by atoms with E-state index in [4.69, 9.17) is 25.1 Å². The normalized spacial score (nSPS) is 33.1. The van der Waals surface area contributed by atoms with Crippen molar-refractivity contribution in [1.82, 2.24) is 15.5 Å². The maximum absolute atomic E-state index is 14.0. The molecule has 8 heteroatoms. The van der Waals surface area contributed by atoms with Crippen LogP contribution < -0.4 is 10.6 Å². The Hall–Kier alpha value is -3.08. The van der Waals surface area contributed by atoms with Crippen molar-refractivity contribution in [2.24, 2.45) is 5.89 Å². The molecule has 33 heavy (non-hydrogen) atoms. The molecular formula is C25H34N4O4. The molecule has 1 saturated heterocycles. The summed E-state index contributed by atoms with van der Waals surface area (Å²) in [4.78, 5) is 40.8. The fraction of sp³-hybridized carbons (Fsp3) is 0.600. The number of carbonyl (C=O) groups excluding carboxylic acids is 3. The Balaban J connectivity index is 2.04. The van der Waals surface area contributed by atoms with Crippen LogP contribution in [0.4, 0.5) is 4.79 Å². The maximum atomic E-state index is 14.0. The summed E-state index contributed by atoms with van der Waals surface area (Å²) in [6, 6.07) is 4.31. The summed E-state index contributed by atoms with van der Waals surface area (Å²) in [7, 11) is 0. The van der Waals surface area contributed by atoms with Crippen LogP contribution in [0.15, 0.2) is 24.3 Å². The molecule has 1 heterocycles. The summed E-state index contributed by atoms with van der Waals surface area (Å²) in [6.07, 6.45) is -20.9. The summed E-state index contributed by atoms with van der Waals surface area (Å²) in [5, 5.41) is 13.5. The van der Waals surface area contributed by atoms with E-state index in [0.29, 0.717) is 11.1 Å². The van der Waals surface area contributed by atoms with E-state index in [2.05, 4.69) is 5.32 Å². The molecule has 178 valence electrons. The van der Waals surface area contributed by atoms with Gasteiger partial charge in [-0.25, -0.2) is 4.79 Å². The van der Waals surface area contributed by atoms with Crippen molar-refractivity contribution in [3.05, 3.63) is 35.4 Å². The highest BCUT2D eigenvalue weighted by Gasteiger charge is 2.43. The molecule has 2 aliphatic rings. The number of ether oxygens (including phenoxy) is 1. The van der Waals surface area contributed by atoms with Gasteiger partial charge in [-0.1, -0.05) is 31.3 Å². The molecule has 1 aliphatic heterocycles. The standard InChI is InChI=1S/C25H34N4O4/c1-25(2,3)33-24(32)28-21(19-7-5-4-6-8-19)23(31)29-14-13-20(29)22(30)27-16-18-11-9-17(15-26)10-12-18/h9-12,19-21H,4-8,13-14,16H2,1-3H3,(H,27,30)(H,28,32)/t20-,21+/m0/s1/i4D2,5D2,6D2,7D2,8D2,19D. The topological polar surface area (TPSA) is 112 Å². The van der Waals surface area contributed by atoms with Gasteiger partial charge in [0.1, 0.15) is 17.7 Å². The summed E-state index contributed by atoms with van der Waals surface area (Å²) in [5.74, 6) is -5.93. The van der Waals surface area contributed by atoms with E-state index >= 15 is 0 Å². The number of rotatable bonds is 6. The molecular weight excluding hydrogens is 420 g/mol. The van der Waals surface area contributed by atoms with Gasteiger partial charge in [0, 0.05) is 28.2 Å². The van der Waals surface area contributed by atoms with Gasteiger partial charge in [-0.15, -0.1) is 0 Å². The Labute approximate surface area is 211 Å². The van der Waals surface area contributed by atoms with Crippen LogP contribution >= 0.6 is 0 Å². The SMILES string of the molecule is [2H]C1([2H])C([2H])([2H])C([2H])([2H])C([2H])([C@@H](NC(=O)OC(C)(C)C)C(=O)N2CC[C@H]2C(=O)NCc2ccc(C#N)cc2)C([2H])([2H])C1([2H])[2H]. The summed E-state index contributed by atoms with van der Waals surface area (Å²) >= 11 is 0. The lowest BCUT2D eigenvalue weighted by atomic mass is 9.82. The van der Waals surface area contributed by atoms with Crippen LogP contribution in [-0.2, 0) is 20.9 Å². The zero-order valence-electron chi connectivity index (χ0n) is 29.6. The molecule has 3 rings (SSSR count). The average molecular weight is 466 g/mol. The second kappa shape index (κ2) is 10.7. The largest absolute Gasteiger partial charge is 0.444 e. The van der Waals surface area contributed by atoms with Crippen LogP contribution in [0.3, 0.4) is 0 Å². The van der Waals surface area contributed by atoms with Gasteiger partial charge in [0.05, 0.1) is 11.6 Å². The molecule has 2 fully saturated rings. The van der Waals surface area contributed by atoms with Crippen LogP contribution in [0.25, 0.3) is 0 Å². The van der Waals surface area contributed by atoms with Crippen LogP contribution in [-0.4, -0.2) is 47.0 Å². The molecule has 0 unspecified atom stereocenters. The number of carbonyl (C=O) groups is 3. The van der Waals surface area contributed by atoms with E-state index in [1.807, 2.05) is 11.4 Å². The number of amides is 3. The number of alkyl carbamates (subject to hydrolysis) is 1. The minimum atomic E-state index is -3.95. The van der Waals surface area contributed by atoms with Gasteiger partial charge >= 0.3 is 6.09 Å². The Morgan fingerprint density at radius 3 is 2.45 bits per heavy atom. The van der Waals surface area contributed by atoms with Crippen molar-refractivity contribution >= 4 is 17.9 Å². The third kappa shape index (κ3) is 6.70. The fourth-order valence-corrected chi connectivity index (χ4v) is 3.18. The third-order valence-corrected chi connectivity index (χ3v) is 4.87. The van der Waals surface area contributed by atoms with Gasteiger partial charge < -0.3 is 20.3 Å². The zero-order chi connectivity index (χ0) is 33.9. The fourth-order valence-electron chi connectivity index (χ4n) is 3.18. The van der Waals surface area contributed by atoms with Crippen molar-refractivity contribution in [2.45, 2.75) is 83.3 Å². The molecule has 1 aromatic rings. The summed E-state index contributed by atoms with van der Waals surface area (Å²) in [6.45, 7) is 4.14. The van der Waals surface area contributed by atoms with Crippen molar-refractivity contribution in [2.75, 3.05) is 6.54 Å². The van der Waals surface area contributed by atoms with Crippen molar-refractivity contribution in [3.8, 4) is 6.07 Å². The highest BCUT2D eigenvalue weighted by Crippen LogP contribution is 2.30. The van der Waals surface area contributed by atoms with Crippen LogP contribution in [0.5, 0.6) is 0 Å². The van der Waals surface area contributed by atoms with E-state index in [0.717, 1.165) is 4.90 Å². The molecule has 1 aliphatic carbocycles. The lowest BCUT2D eigenvalue weighted by Crippen LogP contribution is -2.63. The Kier molecular flexibility index (Phi) is 4.40. The Bertz CT molecular complexity index is 1330. The van der Waals surface area contributed by atoms with E-state index in [-0.39, 0.29) is 19.5 Å². The minimum absolute atomic E-state index is 0.00830. The van der Waals surface area contributed by atoms with Gasteiger partial charge in [0.15, 0.2) is 0 Å². The number of hydrogen-bond donors (Lipinski definition) is 2. The second-order valence-electron chi connectivity index (χ2n) is 8.48. The third-order valence-electron chi connectivity index (χ3n) is 4.87. The number of benzene rings is 1. The van der Waals surface area contributed by atoms with Crippen molar-refractivity contribution in [1.29, 1.82) is 5.26 Å². The zero-order valence-corrected chi connectivity index (χ0v) is 18.6. The Morgan fingerprint density at radius 2 is 1.91 bits per heavy atom. The van der Waals surface area contributed by atoms with Gasteiger partial charge in [-0.05, 0) is 63.5 Å². The van der Waals surface area contributed by atoms with Crippen LogP contribution in [0, 0.1) is 17.2 Å². The maximum Gasteiger partial charge on any atom is 0.408 e. The van der Waals surface area contributed by atoms with Crippen molar-refractivity contribution in [3.63, 3.8) is 0 Å². The molecule has 0 radical (unpaired) electrons. The van der Waals surface area contributed by atoms with Gasteiger partial charge in [0.2, 0.25) is 11.8 Å². The van der Waals surface area contributed by atoms with Gasteiger partial charge in [-0.3, -0.25) is 9.59 Å². The van der Waals surface area contributed by atoms with Crippen molar-refractivity contribution < 1.29 is 34.2 Å². The predicted molar refractivity (Wildman–Crippen MR) is 123 cm³/mol. The number of nitriles is 1. The van der Waals surface area contributed by atoms with E-state index in [1.165, 1.54) is 32.9 Å². The average Bonchev–Trinajstić information content (AvgIpc) is 2.87. The van der Waals surface area contributed by atoms with Crippen LogP contribution in [0.2, 0.25) is 0 Å². The first kappa shape index (κ1) is 13.6. The summed E-state index contributed by atoms with van der Waals surface area (Å²) < 4.78 is 97.6. The first-order chi connectivity index (χ1) is 19.8. The molecule has 3 amide bonds. The van der Waals surface area contributed by atoms with E-state index < -0.39 is 73.4 Å². The quantitative estimate of drug-likeness (QED) is 0.670. The molecule has 0 spiro atoms. The molecule has 2 atom stereocenters. The van der Waals surface area contributed by atoms with E-state index in [1.54, 1.807) is 12.1 Å². The number of hydrogen-bond acceptors (Lipinski definition) is 5. The lowest BCUT2D eigenvalue weighted by Gasteiger charge is -2.43. The highest BCUT2D eigenvalue weighted by molar-refractivity contribution is 5.93. The first-order valence-electron chi connectivity index (χ1n) is 15.9. The smallest absolute Gasteiger partial charge is 0.408 e. The molecule has 0 bridgehead atoms. The molecule has 2 N–H and O–H groups in total. The van der Waals surface area contributed by atoms with Gasteiger partial charge in [-0.2, -0.15) is 5.26 Å². The second-order valence-corrected chi connectivity index (χ2v) is 8.48. The molecule has 1 saturated carbocycles. The first-order valence-corrected chi connectivity index (χ1v) is 10.4. The van der Waals surface area contributed by atoms with Crippen LogP contribution in [0.1, 0.15) is 85.3 Å². The predicted octanol–water partition coefficient (Wildman–Crippen LogP) is 3.25. The lowest BCUT2D eigenvalue weighted by molar-refractivity contribution is -0.150. The number of nitrogens with zero attached hydrogens (tertiary/aromatic N) is 2. The number of likely N-dealkylation sites (tertiary alicyclic amines) is 1. The minimum Gasteiger partial charge on any atom is -0.444 e. The molecule has 0 aromatic heterocycles. The monoisotopic (exact) mass is 465 g/mol. The highest BCUT2D eigenvalue weighted by atomic mass is 16.6. The number of nitrogens with one attached hydrogen (secondary N) is 2. The molecule has 1 aromatic carbocycles. The molecule has 8 nitrogen and oxygen atoms in total. The Morgan fingerprint density at radius 1 is 1.24 bits per heavy atom.